The molecule has 0 aliphatic heterocycles. The van der Waals surface area contributed by atoms with E-state index in [1.807, 2.05) is 19.2 Å². The van der Waals surface area contributed by atoms with Crippen molar-refractivity contribution in [1.29, 1.82) is 0 Å². The van der Waals surface area contributed by atoms with Crippen LogP contribution in [0, 0.1) is 0 Å². The highest BCUT2D eigenvalue weighted by molar-refractivity contribution is 5.29. The topological polar surface area (TPSA) is 77.8 Å². The first-order valence-corrected chi connectivity index (χ1v) is 6.26. The summed E-state index contributed by atoms with van der Waals surface area (Å²) in [6.07, 6.45) is 1.83. The second-order valence-corrected chi connectivity index (χ2v) is 4.26. The van der Waals surface area contributed by atoms with Crippen molar-refractivity contribution >= 4 is 5.95 Å². The van der Waals surface area contributed by atoms with Crippen LogP contribution < -0.4 is 10.1 Å². The highest BCUT2D eigenvalue weighted by Crippen LogP contribution is 2.14. The van der Waals surface area contributed by atoms with Crippen LogP contribution in [0.3, 0.4) is 0 Å². The number of rotatable bonds is 5. The Labute approximate surface area is 112 Å². The predicted octanol–water partition coefficient (Wildman–Crippen LogP) is 1.62. The number of anilines is 1. The second-order valence-electron chi connectivity index (χ2n) is 4.26. The van der Waals surface area contributed by atoms with E-state index in [0.717, 1.165) is 5.69 Å². The monoisotopic (exact) mass is 262 g/mol. The van der Waals surface area contributed by atoms with Gasteiger partial charge in [0.05, 0.1) is 12.3 Å². The average Bonchev–Trinajstić information content (AvgIpc) is 2.88. The molecule has 0 saturated heterocycles. The standard InChI is InChI=1S/C12H18N6O/c1-5-19-12-15-10(13-4)14-11(16-12)18-7-6-9(17-18)8(2)3/h6-8H,5H2,1-4H3,(H,13,14,15,16). The molecule has 0 saturated carbocycles. The third kappa shape index (κ3) is 2.98. The minimum atomic E-state index is 0.290. The van der Waals surface area contributed by atoms with Crippen LogP contribution in [0.2, 0.25) is 0 Å². The van der Waals surface area contributed by atoms with Crippen LogP contribution in [0.15, 0.2) is 12.3 Å². The van der Waals surface area contributed by atoms with Gasteiger partial charge in [-0.2, -0.15) is 20.1 Å². The molecule has 2 aromatic rings. The maximum absolute atomic E-state index is 5.32. The lowest BCUT2D eigenvalue weighted by atomic mass is 10.1. The molecule has 0 amide bonds. The van der Waals surface area contributed by atoms with E-state index >= 15 is 0 Å². The average molecular weight is 262 g/mol. The van der Waals surface area contributed by atoms with Crippen molar-refractivity contribution in [2.75, 3.05) is 19.0 Å². The van der Waals surface area contributed by atoms with E-state index in [1.54, 1.807) is 11.7 Å². The molecule has 0 aliphatic carbocycles. The zero-order valence-electron chi connectivity index (χ0n) is 11.6. The third-order valence-electron chi connectivity index (χ3n) is 2.51. The van der Waals surface area contributed by atoms with E-state index in [1.165, 1.54) is 0 Å². The summed E-state index contributed by atoms with van der Waals surface area (Å²) in [5.74, 6) is 1.25. The van der Waals surface area contributed by atoms with E-state index in [4.69, 9.17) is 4.74 Å². The molecule has 0 radical (unpaired) electrons. The van der Waals surface area contributed by atoms with Gasteiger partial charge in [-0.25, -0.2) is 4.68 Å². The van der Waals surface area contributed by atoms with Crippen LogP contribution in [0.1, 0.15) is 32.4 Å². The molecule has 0 aliphatic rings. The number of hydrogen-bond acceptors (Lipinski definition) is 6. The Kier molecular flexibility index (Phi) is 3.94. The lowest BCUT2D eigenvalue weighted by Crippen LogP contribution is -2.09. The largest absolute Gasteiger partial charge is 0.464 e. The Bertz CT molecular complexity index is 551. The van der Waals surface area contributed by atoms with Gasteiger partial charge < -0.3 is 10.1 Å². The number of aromatic nitrogens is 5. The van der Waals surface area contributed by atoms with Crippen molar-refractivity contribution < 1.29 is 4.74 Å². The highest BCUT2D eigenvalue weighted by atomic mass is 16.5. The summed E-state index contributed by atoms with van der Waals surface area (Å²) in [5.41, 5.74) is 0.990. The van der Waals surface area contributed by atoms with Crippen LogP contribution in [0.4, 0.5) is 5.95 Å². The van der Waals surface area contributed by atoms with Crippen LogP contribution >= 0.6 is 0 Å². The van der Waals surface area contributed by atoms with Crippen molar-refractivity contribution in [3.63, 3.8) is 0 Å². The Hall–Kier alpha value is -2.18. The molecule has 0 fully saturated rings. The van der Waals surface area contributed by atoms with E-state index < -0.39 is 0 Å². The summed E-state index contributed by atoms with van der Waals surface area (Å²) in [4.78, 5) is 12.6. The predicted molar refractivity (Wildman–Crippen MR) is 71.8 cm³/mol. The van der Waals surface area contributed by atoms with E-state index in [9.17, 15) is 0 Å². The van der Waals surface area contributed by atoms with Gasteiger partial charge in [0.15, 0.2) is 0 Å². The molecule has 0 unspecified atom stereocenters. The van der Waals surface area contributed by atoms with Crippen molar-refractivity contribution in [3.05, 3.63) is 18.0 Å². The molecule has 0 atom stereocenters. The van der Waals surface area contributed by atoms with Gasteiger partial charge in [0.1, 0.15) is 0 Å². The van der Waals surface area contributed by atoms with Crippen LogP contribution in [-0.4, -0.2) is 38.4 Å². The minimum Gasteiger partial charge on any atom is -0.464 e. The summed E-state index contributed by atoms with van der Waals surface area (Å²) in [6.45, 7) is 6.56. The molecule has 7 nitrogen and oxygen atoms in total. The van der Waals surface area contributed by atoms with Crippen LogP contribution in [0.5, 0.6) is 6.01 Å². The summed E-state index contributed by atoms with van der Waals surface area (Å²) < 4.78 is 6.95. The summed E-state index contributed by atoms with van der Waals surface area (Å²) in [5, 5.41) is 7.32. The Morgan fingerprint density at radius 2 is 2.11 bits per heavy atom. The van der Waals surface area contributed by atoms with E-state index in [-0.39, 0.29) is 0 Å². The first-order chi connectivity index (χ1) is 9.13. The Morgan fingerprint density at radius 3 is 2.68 bits per heavy atom. The van der Waals surface area contributed by atoms with Gasteiger partial charge in [0, 0.05) is 13.2 Å². The van der Waals surface area contributed by atoms with E-state index in [0.29, 0.717) is 30.4 Å². The summed E-state index contributed by atoms with van der Waals surface area (Å²) in [7, 11) is 1.75. The number of ether oxygens (including phenoxy) is 1. The molecule has 19 heavy (non-hydrogen) atoms. The van der Waals surface area contributed by atoms with Crippen LogP contribution in [0.25, 0.3) is 5.95 Å². The molecule has 0 spiro atoms. The second kappa shape index (κ2) is 5.64. The Morgan fingerprint density at radius 1 is 1.32 bits per heavy atom. The lowest BCUT2D eigenvalue weighted by molar-refractivity contribution is 0.311. The fraction of sp³-hybridized carbons (Fsp3) is 0.500. The lowest BCUT2D eigenvalue weighted by Gasteiger charge is -2.06. The number of nitrogens with zero attached hydrogens (tertiary/aromatic N) is 5. The first-order valence-electron chi connectivity index (χ1n) is 6.26. The van der Waals surface area contributed by atoms with Gasteiger partial charge >= 0.3 is 6.01 Å². The zero-order chi connectivity index (χ0) is 13.8. The maximum atomic E-state index is 5.32. The molecule has 7 heteroatoms. The summed E-state index contributed by atoms with van der Waals surface area (Å²) >= 11 is 0. The quantitative estimate of drug-likeness (QED) is 0.882. The summed E-state index contributed by atoms with van der Waals surface area (Å²) in [6, 6.07) is 2.24. The fourth-order valence-electron chi connectivity index (χ4n) is 1.51. The van der Waals surface area contributed by atoms with Gasteiger partial charge in [0.2, 0.25) is 5.95 Å². The van der Waals surface area contributed by atoms with Gasteiger partial charge in [-0.3, -0.25) is 0 Å². The van der Waals surface area contributed by atoms with Crippen molar-refractivity contribution in [2.24, 2.45) is 0 Å². The zero-order valence-corrected chi connectivity index (χ0v) is 11.6. The fourth-order valence-corrected chi connectivity index (χ4v) is 1.51. The van der Waals surface area contributed by atoms with Crippen LogP contribution in [-0.2, 0) is 0 Å². The normalized spacial score (nSPS) is 10.8. The molecule has 2 rings (SSSR count). The van der Waals surface area contributed by atoms with Crippen molar-refractivity contribution in [2.45, 2.75) is 26.7 Å². The van der Waals surface area contributed by atoms with Crippen molar-refractivity contribution in [3.8, 4) is 12.0 Å². The van der Waals surface area contributed by atoms with Gasteiger partial charge in [-0.1, -0.05) is 13.8 Å². The smallest absolute Gasteiger partial charge is 0.323 e. The molecular formula is C12H18N6O. The maximum Gasteiger partial charge on any atom is 0.323 e. The highest BCUT2D eigenvalue weighted by Gasteiger charge is 2.10. The third-order valence-corrected chi connectivity index (χ3v) is 2.51. The number of nitrogens with one attached hydrogen (secondary N) is 1. The molecule has 0 bridgehead atoms. The van der Waals surface area contributed by atoms with Gasteiger partial charge in [-0.05, 0) is 18.9 Å². The Balaban J connectivity index is 2.38. The first kappa shape index (κ1) is 13.3. The molecule has 1 N–H and O–H groups in total. The number of hydrogen-bond donors (Lipinski definition) is 1. The van der Waals surface area contributed by atoms with Gasteiger partial charge in [-0.15, -0.1) is 0 Å². The molecule has 0 aromatic carbocycles. The minimum absolute atomic E-state index is 0.290. The van der Waals surface area contributed by atoms with E-state index in [2.05, 4.69) is 39.2 Å². The van der Waals surface area contributed by atoms with Crippen molar-refractivity contribution in [1.82, 2.24) is 24.7 Å². The molecule has 102 valence electrons. The molecular weight excluding hydrogens is 244 g/mol. The van der Waals surface area contributed by atoms with Gasteiger partial charge in [0.25, 0.3) is 5.95 Å². The molecule has 2 aromatic heterocycles. The molecule has 2 heterocycles. The SMILES string of the molecule is CCOc1nc(NC)nc(-n2ccc(C(C)C)n2)n1.